The summed E-state index contributed by atoms with van der Waals surface area (Å²) in [6.07, 6.45) is -1.05. The lowest BCUT2D eigenvalue weighted by Crippen LogP contribution is -2.72. The van der Waals surface area contributed by atoms with E-state index in [1.54, 1.807) is 24.3 Å². The standard InChI is InChI=1S/C37H29Cl2F3N2O3/c38-23-14-15-25-27(16-23)43-34(46)37(25)28(24-12-7-13-26(39)29(24)42)31-33(45)47-32(22-10-5-2-6-11-22)30(21-8-3-1-4-9-21)44(31)36(37)17-35(18-36,19-40)20-41/h1-16,28,30-32H,17-20H2,(H,43,46)/t28-,30?,31+,32?,37-/m0/s1. The summed E-state index contributed by atoms with van der Waals surface area (Å²) in [5.41, 5.74) is -2.04. The first kappa shape index (κ1) is 30.5. The maximum atomic E-state index is 16.4. The number of hydrogen-bond acceptors (Lipinski definition) is 4. The Kier molecular flexibility index (Phi) is 7.03. The maximum absolute atomic E-state index is 16.4. The van der Waals surface area contributed by atoms with E-state index in [1.807, 2.05) is 65.6 Å². The Morgan fingerprint density at radius 1 is 0.830 bits per heavy atom. The number of halogens is 5. The minimum atomic E-state index is -1.69. The maximum Gasteiger partial charge on any atom is 0.324 e. The van der Waals surface area contributed by atoms with Crippen molar-refractivity contribution in [3.63, 3.8) is 0 Å². The number of rotatable bonds is 5. The molecule has 0 bridgehead atoms. The number of cyclic esters (lactones) is 1. The number of alkyl halides is 2. The molecule has 10 heteroatoms. The van der Waals surface area contributed by atoms with Crippen molar-refractivity contribution in [3.8, 4) is 0 Å². The number of esters is 1. The predicted molar refractivity (Wildman–Crippen MR) is 172 cm³/mol. The predicted octanol–water partition coefficient (Wildman–Crippen LogP) is 8.29. The van der Waals surface area contributed by atoms with Crippen molar-refractivity contribution in [1.82, 2.24) is 4.90 Å². The van der Waals surface area contributed by atoms with Gasteiger partial charge in [-0.05, 0) is 53.3 Å². The molecule has 2 saturated heterocycles. The van der Waals surface area contributed by atoms with Gasteiger partial charge in [-0.2, -0.15) is 0 Å². The highest BCUT2D eigenvalue weighted by Gasteiger charge is 2.83. The quantitative estimate of drug-likeness (QED) is 0.216. The zero-order valence-corrected chi connectivity index (χ0v) is 26.4. The molecular formula is C37H29Cl2F3N2O3. The average molecular weight is 678 g/mol. The molecule has 8 rings (SSSR count). The third-order valence-corrected chi connectivity index (χ3v) is 11.4. The molecule has 1 amide bonds. The Hall–Kier alpha value is -3.85. The van der Waals surface area contributed by atoms with Crippen LogP contribution in [0.4, 0.5) is 18.9 Å². The summed E-state index contributed by atoms with van der Waals surface area (Å²) in [5.74, 6) is -3.13. The molecule has 5 atom stereocenters. The number of carbonyl (C=O) groups is 2. The van der Waals surface area contributed by atoms with Crippen LogP contribution >= 0.6 is 23.2 Å². The molecule has 4 aromatic rings. The number of benzene rings is 4. The summed E-state index contributed by atoms with van der Waals surface area (Å²) >= 11 is 12.8. The number of nitrogens with zero attached hydrogens (tertiary/aromatic N) is 1. The molecule has 4 aliphatic rings. The van der Waals surface area contributed by atoms with Crippen molar-refractivity contribution in [2.45, 2.75) is 47.9 Å². The van der Waals surface area contributed by atoms with E-state index in [1.165, 1.54) is 12.1 Å². The fourth-order valence-electron chi connectivity index (χ4n) is 9.25. The number of morpholine rings is 1. The number of carbonyl (C=O) groups excluding carboxylic acids is 2. The summed E-state index contributed by atoms with van der Waals surface area (Å²) in [7, 11) is 0. The minimum absolute atomic E-state index is 0.0437. The molecule has 0 aromatic heterocycles. The summed E-state index contributed by atoms with van der Waals surface area (Å²) in [5, 5.41) is 3.15. The van der Waals surface area contributed by atoms with E-state index in [-0.39, 0.29) is 23.4 Å². The Morgan fingerprint density at radius 2 is 1.49 bits per heavy atom. The van der Waals surface area contributed by atoms with Crippen LogP contribution in [-0.4, -0.2) is 41.7 Å². The molecular weight excluding hydrogens is 648 g/mol. The van der Waals surface area contributed by atoms with Gasteiger partial charge in [0.25, 0.3) is 0 Å². The highest BCUT2D eigenvalue weighted by molar-refractivity contribution is 6.31. The van der Waals surface area contributed by atoms with Gasteiger partial charge in [0.15, 0.2) is 0 Å². The van der Waals surface area contributed by atoms with E-state index >= 15 is 4.39 Å². The summed E-state index contributed by atoms with van der Waals surface area (Å²) in [6, 6.07) is 26.2. The van der Waals surface area contributed by atoms with Crippen LogP contribution in [0.25, 0.3) is 0 Å². The van der Waals surface area contributed by atoms with E-state index in [0.29, 0.717) is 21.8 Å². The van der Waals surface area contributed by atoms with Gasteiger partial charge in [-0.15, -0.1) is 0 Å². The fraction of sp³-hybridized carbons (Fsp3) is 0.297. The van der Waals surface area contributed by atoms with Crippen molar-refractivity contribution < 1.29 is 27.5 Å². The Bertz CT molecular complexity index is 1900. The molecule has 3 fully saturated rings. The molecule has 1 saturated carbocycles. The molecule has 1 aliphatic carbocycles. The molecule has 3 aliphatic heterocycles. The number of nitrogens with one attached hydrogen (secondary N) is 1. The van der Waals surface area contributed by atoms with Crippen LogP contribution in [0, 0.1) is 11.2 Å². The van der Waals surface area contributed by atoms with E-state index < -0.39 is 71.5 Å². The number of hydrogen-bond donors (Lipinski definition) is 1. The molecule has 1 N–H and O–H groups in total. The molecule has 2 spiro atoms. The molecule has 47 heavy (non-hydrogen) atoms. The second-order valence-corrected chi connectivity index (χ2v) is 14.0. The minimum Gasteiger partial charge on any atom is -0.454 e. The monoisotopic (exact) mass is 676 g/mol. The van der Waals surface area contributed by atoms with Crippen molar-refractivity contribution in [3.05, 3.63) is 135 Å². The number of anilines is 1. The highest BCUT2D eigenvalue weighted by Crippen LogP contribution is 2.75. The second kappa shape index (κ2) is 10.8. The first-order valence-electron chi connectivity index (χ1n) is 15.5. The van der Waals surface area contributed by atoms with Crippen LogP contribution in [0.2, 0.25) is 10.0 Å². The topological polar surface area (TPSA) is 58.6 Å². The van der Waals surface area contributed by atoms with Gasteiger partial charge in [-0.1, -0.05) is 102 Å². The molecule has 240 valence electrons. The fourth-order valence-corrected chi connectivity index (χ4v) is 9.60. The second-order valence-electron chi connectivity index (χ2n) is 13.2. The first-order valence-corrected chi connectivity index (χ1v) is 16.2. The van der Waals surface area contributed by atoms with Crippen LogP contribution in [-0.2, 0) is 19.7 Å². The largest absolute Gasteiger partial charge is 0.454 e. The third-order valence-electron chi connectivity index (χ3n) is 10.9. The summed E-state index contributed by atoms with van der Waals surface area (Å²) < 4.78 is 52.5. The molecule has 2 unspecified atom stereocenters. The van der Waals surface area contributed by atoms with E-state index in [9.17, 15) is 18.4 Å². The molecule has 0 radical (unpaired) electrons. The summed E-state index contributed by atoms with van der Waals surface area (Å²) in [4.78, 5) is 31.5. The van der Waals surface area contributed by atoms with Crippen LogP contribution in [0.1, 0.15) is 53.2 Å². The van der Waals surface area contributed by atoms with E-state index in [2.05, 4.69) is 5.32 Å². The van der Waals surface area contributed by atoms with Gasteiger partial charge in [-0.3, -0.25) is 23.3 Å². The summed E-state index contributed by atoms with van der Waals surface area (Å²) in [6.45, 7) is -1.93. The first-order chi connectivity index (χ1) is 22.7. The molecule has 3 heterocycles. The third kappa shape index (κ3) is 4.01. The SMILES string of the molecule is O=C1OC(c2ccccc2)C(c2ccccc2)N2[C@@H]1[C@H](c1cccc(Cl)c1F)[C@@]1(C(=O)Nc3cc(Cl)ccc31)C21CC(CF)(CF)C1. The van der Waals surface area contributed by atoms with Gasteiger partial charge in [0, 0.05) is 27.6 Å². The van der Waals surface area contributed by atoms with Gasteiger partial charge in [0.05, 0.1) is 24.4 Å². The van der Waals surface area contributed by atoms with Crippen LogP contribution in [0.5, 0.6) is 0 Å². The van der Waals surface area contributed by atoms with E-state index in [0.717, 1.165) is 5.56 Å². The van der Waals surface area contributed by atoms with Gasteiger partial charge in [0.1, 0.15) is 23.4 Å². The van der Waals surface area contributed by atoms with E-state index in [4.69, 9.17) is 27.9 Å². The van der Waals surface area contributed by atoms with Crippen molar-refractivity contribution in [2.75, 3.05) is 18.7 Å². The molecule has 5 nitrogen and oxygen atoms in total. The highest BCUT2D eigenvalue weighted by atomic mass is 35.5. The van der Waals surface area contributed by atoms with Crippen molar-refractivity contribution in [1.29, 1.82) is 0 Å². The number of amides is 1. The van der Waals surface area contributed by atoms with Crippen molar-refractivity contribution in [2.24, 2.45) is 5.41 Å². The van der Waals surface area contributed by atoms with Gasteiger partial charge in [-0.25, -0.2) is 4.39 Å². The zero-order chi connectivity index (χ0) is 32.7. The number of ether oxygens (including phenoxy) is 1. The van der Waals surface area contributed by atoms with Crippen LogP contribution < -0.4 is 5.32 Å². The normalized spacial score (nSPS) is 28.4. The number of fused-ring (bicyclic) bond motifs is 5. The lowest BCUT2D eigenvalue weighted by Gasteiger charge is -2.64. The van der Waals surface area contributed by atoms with Gasteiger partial charge in [0.2, 0.25) is 5.91 Å². The van der Waals surface area contributed by atoms with Gasteiger partial charge >= 0.3 is 5.97 Å². The molecule has 4 aromatic carbocycles. The van der Waals surface area contributed by atoms with Crippen LogP contribution in [0.15, 0.2) is 97.1 Å². The smallest absolute Gasteiger partial charge is 0.324 e. The Labute approximate surface area is 279 Å². The van der Waals surface area contributed by atoms with Gasteiger partial charge < -0.3 is 10.1 Å². The van der Waals surface area contributed by atoms with Crippen molar-refractivity contribution >= 4 is 40.8 Å². The lowest BCUT2D eigenvalue weighted by atomic mass is 9.45. The Morgan fingerprint density at radius 3 is 2.15 bits per heavy atom. The van der Waals surface area contributed by atoms with Crippen LogP contribution in [0.3, 0.4) is 0 Å². The Balaban J connectivity index is 1.49. The zero-order valence-electron chi connectivity index (χ0n) is 24.9. The average Bonchev–Trinajstić information content (AvgIpc) is 3.51. The lowest BCUT2D eigenvalue weighted by molar-refractivity contribution is -0.200.